The summed E-state index contributed by atoms with van der Waals surface area (Å²) in [6.07, 6.45) is 3.54. The van der Waals surface area contributed by atoms with Gasteiger partial charge in [-0.25, -0.2) is 13.6 Å². The molecule has 1 aromatic heterocycles. The van der Waals surface area contributed by atoms with Crippen LogP contribution in [0.25, 0.3) is 10.9 Å². The van der Waals surface area contributed by atoms with Crippen LogP contribution in [0.3, 0.4) is 0 Å². The van der Waals surface area contributed by atoms with Crippen molar-refractivity contribution >= 4 is 22.6 Å². The number of carboxylic acids is 1. The quantitative estimate of drug-likeness (QED) is 0.859. The summed E-state index contributed by atoms with van der Waals surface area (Å²) in [6, 6.07) is 0.865. The molecule has 8 heteroatoms. The number of aliphatic hydroxyl groups excluding tert-OH is 1. The van der Waals surface area contributed by atoms with Crippen LogP contribution >= 0.6 is 0 Å². The first-order chi connectivity index (χ1) is 12.8. The molecule has 6 nitrogen and oxygen atoms in total. The summed E-state index contributed by atoms with van der Waals surface area (Å²) in [5, 5.41) is 18.8. The van der Waals surface area contributed by atoms with Crippen molar-refractivity contribution in [2.75, 3.05) is 18.0 Å². The van der Waals surface area contributed by atoms with Gasteiger partial charge in [-0.1, -0.05) is 0 Å². The van der Waals surface area contributed by atoms with Crippen LogP contribution in [0, 0.1) is 17.0 Å². The molecule has 2 N–H and O–H groups in total. The van der Waals surface area contributed by atoms with Gasteiger partial charge in [0.2, 0.25) is 5.43 Å². The molecule has 2 saturated carbocycles. The van der Waals surface area contributed by atoms with Crippen LogP contribution in [0.2, 0.25) is 0 Å². The van der Waals surface area contributed by atoms with Gasteiger partial charge in [-0.3, -0.25) is 4.79 Å². The second kappa shape index (κ2) is 5.28. The fourth-order valence-electron chi connectivity index (χ4n) is 4.37. The Morgan fingerprint density at radius 3 is 2.56 bits per heavy atom. The highest BCUT2D eigenvalue weighted by Gasteiger charge is 2.57. The van der Waals surface area contributed by atoms with E-state index in [1.807, 2.05) is 0 Å². The van der Waals surface area contributed by atoms with Gasteiger partial charge in [0.15, 0.2) is 5.82 Å². The summed E-state index contributed by atoms with van der Waals surface area (Å²) >= 11 is 0. The summed E-state index contributed by atoms with van der Waals surface area (Å²) < 4.78 is 31.8. The van der Waals surface area contributed by atoms with E-state index in [4.69, 9.17) is 0 Å². The summed E-state index contributed by atoms with van der Waals surface area (Å²) in [4.78, 5) is 25.5. The highest BCUT2D eigenvalue weighted by molar-refractivity contribution is 5.94. The lowest BCUT2D eigenvalue weighted by molar-refractivity contribution is 0.0694. The third kappa shape index (κ3) is 2.32. The SMILES string of the molecule is O=C(O)c1cn(C2CC2)c2c(F)c(N3CCC4(CC4O)C3)c(F)cc2c1=O. The maximum absolute atomic E-state index is 15.5. The van der Waals surface area contributed by atoms with E-state index in [9.17, 15) is 24.2 Å². The van der Waals surface area contributed by atoms with Gasteiger partial charge in [0.05, 0.1) is 17.0 Å². The van der Waals surface area contributed by atoms with E-state index >= 15 is 4.39 Å². The van der Waals surface area contributed by atoms with Crippen molar-refractivity contribution in [3.05, 3.63) is 39.7 Å². The van der Waals surface area contributed by atoms with Gasteiger partial charge in [-0.2, -0.15) is 0 Å². The molecule has 27 heavy (non-hydrogen) atoms. The molecule has 1 aromatic carbocycles. The average Bonchev–Trinajstić information content (AvgIpc) is 3.49. The fourth-order valence-corrected chi connectivity index (χ4v) is 4.37. The highest BCUT2D eigenvalue weighted by Crippen LogP contribution is 2.54. The second-order valence-electron chi connectivity index (χ2n) is 7.99. The molecule has 142 valence electrons. The first-order valence-electron chi connectivity index (χ1n) is 9.05. The molecular weight excluding hydrogens is 358 g/mol. The first kappa shape index (κ1) is 16.7. The largest absolute Gasteiger partial charge is 0.477 e. The molecule has 3 fully saturated rings. The number of carbonyl (C=O) groups is 1. The van der Waals surface area contributed by atoms with Gasteiger partial charge in [0.25, 0.3) is 0 Å². The molecule has 0 amide bonds. The number of nitrogens with zero attached hydrogens (tertiary/aromatic N) is 2. The highest BCUT2D eigenvalue weighted by atomic mass is 19.1. The van der Waals surface area contributed by atoms with Crippen molar-refractivity contribution in [2.45, 2.75) is 37.8 Å². The maximum Gasteiger partial charge on any atom is 0.341 e. The van der Waals surface area contributed by atoms with Crippen LogP contribution in [0.4, 0.5) is 14.5 Å². The van der Waals surface area contributed by atoms with E-state index in [1.165, 1.54) is 10.8 Å². The van der Waals surface area contributed by atoms with E-state index in [-0.39, 0.29) is 28.0 Å². The van der Waals surface area contributed by atoms with Crippen LogP contribution in [0.1, 0.15) is 42.1 Å². The lowest BCUT2D eigenvalue weighted by atomic mass is 10.1. The number of benzene rings is 1. The zero-order valence-corrected chi connectivity index (χ0v) is 14.4. The average molecular weight is 376 g/mol. The monoisotopic (exact) mass is 376 g/mol. The van der Waals surface area contributed by atoms with Gasteiger partial charge in [-0.15, -0.1) is 0 Å². The van der Waals surface area contributed by atoms with Crippen molar-refractivity contribution in [3.8, 4) is 0 Å². The number of hydrogen-bond acceptors (Lipinski definition) is 4. The molecular formula is C19H18F2N2O4. The zero-order chi connectivity index (χ0) is 19.1. The number of hydrogen-bond donors (Lipinski definition) is 2. The minimum atomic E-state index is -1.41. The number of rotatable bonds is 3. The Morgan fingerprint density at radius 1 is 1.30 bits per heavy atom. The smallest absolute Gasteiger partial charge is 0.341 e. The standard InChI is InChI=1S/C19H18F2N2O4/c20-12-5-10-15(23(9-1-2-9)7-11(17(10)25)18(26)27)14(21)16(12)22-4-3-19(8-22)6-13(19)24/h5,7,9,13,24H,1-4,6,8H2,(H,26,27). The normalized spacial score (nSPS) is 26.9. The number of pyridine rings is 1. The molecule has 1 spiro atoms. The Morgan fingerprint density at radius 2 is 2.00 bits per heavy atom. The van der Waals surface area contributed by atoms with E-state index < -0.39 is 34.7 Å². The van der Waals surface area contributed by atoms with Crippen LogP contribution < -0.4 is 10.3 Å². The Bertz CT molecular complexity index is 1060. The Labute approximate surface area is 152 Å². The van der Waals surface area contributed by atoms with Crippen LogP contribution in [-0.2, 0) is 0 Å². The Balaban J connectivity index is 1.73. The van der Waals surface area contributed by atoms with Gasteiger partial charge in [-0.05, 0) is 31.7 Å². The van der Waals surface area contributed by atoms with Crippen molar-refractivity contribution in [1.29, 1.82) is 0 Å². The van der Waals surface area contributed by atoms with Gasteiger partial charge in [0, 0.05) is 30.7 Å². The van der Waals surface area contributed by atoms with Gasteiger partial charge >= 0.3 is 5.97 Å². The zero-order valence-electron chi connectivity index (χ0n) is 14.4. The molecule has 2 atom stereocenters. The molecule has 0 radical (unpaired) electrons. The predicted octanol–water partition coefficient (Wildman–Crippen LogP) is 2.27. The minimum absolute atomic E-state index is 0.0406. The second-order valence-corrected chi connectivity index (χ2v) is 7.99. The Hall–Kier alpha value is -2.48. The maximum atomic E-state index is 15.5. The van der Waals surface area contributed by atoms with Crippen molar-refractivity contribution < 1.29 is 23.8 Å². The minimum Gasteiger partial charge on any atom is -0.477 e. The van der Waals surface area contributed by atoms with E-state index in [1.54, 1.807) is 4.90 Å². The number of carboxylic acid groups (broad SMARTS) is 1. The van der Waals surface area contributed by atoms with Crippen molar-refractivity contribution in [3.63, 3.8) is 0 Å². The molecule has 2 aromatic rings. The van der Waals surface area contributed by atoms with E-state index in [0.29, 0.717) is 25.9 Å². The van der Waals surface area contributed by atoms with E-state index in [2.05, 4.69) is 0 Å². The number of anilines is 1. The predicted molar refractivity (Wildman–Crippen MR) is 93.2 cm³/mol. The molecule has 3 aliphatic rings. The Kier molecular flexibility index (Phi) is 3.26. The van der Waals surface area contributed by atoms with Gasteiger partial charge in [0.1, 0.15) is 17.1 Å². The third-order valence-corrected chi connectivity index (χ3v) is 6.20. The summed E-state index contributed by atoms with van der Waals surface area (Å²) in [6.45, 7) is 0.797. The molecule has 0 bridgehead atoms. The molecule has 1 aliphatic heterocycles. The van der Waals surface area contributed by atoms with Crippen LogP contribution in [0.5, 0.6) is 0 Å². The molecule has 2 unspecified atom stereocenters. The number of halogens is 2. The summed E-state index contributed by atoms with van der Waals surface area (Å²) in [5.41, 5.74) is -1.88. The van der Waals surface area contributed by atoms with Gasteiger partial charge < -0.3 is 19.7 Å². The first-order valence-corrected chi connectivity index (χ1v) is 9.05. The topological polar surface area (TPSA) is 82.8 Å². The number of aromatic carboxylic acids is 1. The number of aromatic nitrogens is 1. The van der Waals surface area contributed by atoms with Crippen molar-refractivity contribution in [1.82, 2.24) is 4.57 Å². The number of aliphatic hydroxyl groups is 1. The summed E-state index contributed by atoms with van der Waals surface area (Å²) in [7, 11) is 0. The van der Waals surface area contributed by atoms with E-state index in [0.717, 1.165) is 18.9 Å². The van der Waals surface area contributed by atoms with Crippen molar-refractivity contribution in [2.24, 2.45) is 5.41 Å². The lowest BCUT2D eigenvalue weighted by Gasteiger charge is -2.22. The molecule has 2 heterocycles. The van der Waals surface area contributed by atoms with Crippen LogP contribution in [0.15, 0.2) is 17.1 Å². The van der Waals surface area contributed by atoms with Crippen LogP contribution in [-0.4, -0.2) is 39.9 Å². The molecule has 1 saturated heterocycles. The summed E-state index contributed by atoms with van der Waals surface area (Å²) in [5.74, 6) is -3.13. The number of fused-ring (bicyclic) bond motifs is 1. The third-order valence-electron chi connectivity index (χ3n) is 6.20. The molecule has 5 rings (SSSR count). The fraction of sp³-hybridized carbons (Fsp3) is 0.474. The molecule has 2 aliphatic carbocycles. The lowest BCUT2D eigenvalue weighted by Crippen LogP contribution is -2.25.